The van der Waals surface area contributed by atoms with Crippen LogP contribution in [0, 0.1) is 6.92 Å². The second-order valence-electron chi connectivity index (χ2n) is 3.88. The summed E-state index contributed by atoms with van der Waals surface area (Å²) < 4.78 is 6.46. The van der Waals surface area contributed by atoms with Crippen molar-refractivity contribution < 1.29 is 4.74 Å². The molecule has 0 amide bonds. The summed E-state index contributed by atoms with van der Waals surface area (Å²) in [6.07, 6.45) is 3.42. The zero-order valence-electron chi connectivity index (χ0n) is 10.4. The van der Waals surface area contributed by atoms with E-state index in [1.54, 1.807) is 24.5 Å². The molecule has 100 valence electrons. The van der Waals surface area contributed by atoms with E-state index in [1.165, 1.54) is 0 Å². The van der Waals surface area contributed by atoms with Crippen LogP contribution in [0.2, 0.25) is 5.02 Å². The summed E-state index contributed by atoms with van der Waals surface area (Å²) in [5, 5.41) is 3.69. The number of hydrogen-bond donors (Lipinski definition) is 1. The molecule has 2 aromatic heterocycles. The molecule has 0 aliphatic heterocycles. The van der Waals surface area contributed by atoms with Gasteiger partial charge in [-0.25, -0.2) is 9.97 Å². The number of anilines is 1. The van der Waals surface area contributed by atoms with Crippen molar-refractivity contribution in [2.75, 3.05) is 18.5 Å². The number of halogens is 2. The van der Waals surface area contributed by atoms with E-state index >= 15 is 0 Å². The molecule has 0 saturated carbocycles. The average molecular weight is 343 g/mol. The van der Waals surface area contributed by atoms with Crippen molar-refractivity contribution in [1.29, 1.82) is 0 Å². The highest BCUT2D eigenvalue weighted by atomic mass is 79.9. The Hall–Kier alpha value is -1.33. The Kier molecular flexibility index (Phi) is 4.99. The fraction of sp³-hybridized carbons (Fsp3) is 0.231. The SMILES string of the molecule is Cc1cc(NCCOc2ncccc2Cl)ncc1Br. The molecule has 0 atom stereocenters. The van der Waals surface area contributed by atoms with Crippen LogP contribution < -0.4 is 10.1 Å². The summed E-state index contributed by atoms with van der Waals surface area (Å²) in [4.78, 5) is 8.29. The number of nitrogens with zero attached hydrogens (tertiary/aromatic N) is 2. The molecule has 0 aromatic carbocycles. The molecular formula is C13H13BrClN3O. The van der Waals surface area contributed by atoms with Gasteiger partial charge in [0.2, 0.25) is 5.88 Å². The summed E-state index contributed by atoms with van der Waals surface area (Å²) in [5.74, 6) is 1.27. The highest BCUT2D eigenvalue weighted by molar-refractivity contribution is 9.10. The molecule has 2 aromatic rings. The largest absolute Gasteiger partial charge is 0.475 e. The Bertz CT molecular complexity index is 565. The minimum absolute atomic E-state index is 0.450. The number of pyridine rings is 2. The van der Waals surface area contributed by atoms with E-state index in [2.05, 4.69) is 31.2 Å². The predicted molar refractivity (Wildman–Crippen MR) is 79.9 cm³/mol. The Morgan fingerprint density at radius 1 is 1.42 bits per heavy atom. The van der Waals surface area contributed by atoms with Crippen molar-refractivity contribution in [2.45, 2.75) is 6.92 Å². The maximum Gasteiger partial charge on any atom is 0.232 e. The van der Waals surface area contributed by atoms with Crippen LogP contribution in [0.15, 0.2) is 35.1 Å². The van der Waals surface area contributed by atoms with Crippen LogP contribution in [0.25, 0.3) is 0 Å². The highest BCUT2D eigenvalue weighted by Crippen LogP contribution is 2.20. The second-order valence-corrected chi connectivity index (χ2v) is 5.15. The van der Waals surface area contributed by atoms with Gasteiger partial charge in [0.25, 0.3) is 0 Å². The van der Waals surface area contributed by atoms with Gasteiger partial charge in [0.1, 0.15) is 17.4 Å². The first-order chi connectivity index (χ1) is 9.16. The Morgan fingerprint density at radius 3 is 3.00 bits per heavy atom. The predicted octanol–water partition coefficient (Wildman–Crippen LogP) is 3.69. The van der Waals surface area contributed by atoms with E-state index in [9.17, 15) is 0 Å². The minimum atomic E-state index is 0.450. The van der Waals surface area contributed by atoms with Crippen LogP contribution in [-0.2, 0) is 0 Å². The van der Waals surface area contributed by atoms with Crippen LogP contribution in [0.5, 0.6) is 5.88 Å². The third-order valence-electron chi connectivity index (χ3n) is 2.42. The molecule has 2 rings (SSSR count). The molecule has 19 heavy (non-hydrogen) atoms. The van der Waals surface area contributed by atoms with Crippen molar-refractivity contribution in [3.63, 3.8) is 0 Å². The lowest BCUT2D eigenvalue weighted by Gasteiger charge is -2.09. The van der Waals surface area contributed by atoms with Crippen molar-refractivity contribution in [1.82, 2.24) is 9.97 Å². The van der Waals surface area contributed by atoms with Crippen molar-refractivity contribution >= 4 is 33.3 Å². The third kappa shape index (κ3) is 4.08. The van der Waals surface area contributed by atoms with Crippen molar-refractivity contribution in [3.8, 4) is 5.88 Å². The van der Waals surface area contributed by atoms with Gasteiger partial charge in [-0.05, 0) is 46.6 Å². The molecular weight excluding hydrogens is 330 g/mol. The maximum atomic E-state index is 5.93. The number of aromatic nitrogens is 2. The molecule has 4 nitrogen and oxygen atoms in total. The van der Waals surface area contributed by atoms with E-state index in [4.69, 9.17) is 16.3 Å². The first-order valence-electron chi connectivity index (χ1n) is 5.76. The number of nitrogens with one attached hydrogen (secondary N) is 1. The van der Waals surface area contributed by atoms with E-state index in [0.29, 0.717) is 24.1 Å². The minimum Gasteiger partial charge on any atom is -0.475 e. The number of hydrogen-bond acceptors (Lipinski definition) is 4. The van der Waals surface area contributed by atoms with Gasteiger partial charge in [-0.1, -0.05) is 11.6 Å². The van der Waals surface area contributed by atoms with Crippen LogP contribution in [-0.4, -0.2) is 23.1 Å². The van der Waals surface area contributed by atoms with Gasteiger partial charge < -0.3 is 10.1 Å². The quantitative estimate of drug-likeness (QED) is 0.842. The number of aryl methyl sites for hydroxylation is 1. The van der Waals surface area contributed by atoms with Crippen molar-refractivity contribution in [3.05, 3.63) is 45.7 Å². The van der Waals surface area contributed by atoms with Gasteiger partial charge in [0.15, 0.2) is 0 Å². The summed E-state index contributed by atoms with van der Waals surface area (Å²) in [7, 11) is 0. The second kappa shape index (κ2) is 6.73. The normalized spacial score (nSPS) is 10.3. The van der Waals surface area contributed by atoms with E-state index in [0.717, 1.165) is 15.9 Å². The van der Waals surface area contributed by atoms with Crippen LogP contribution in [0.1, 0.15) is 5.56 Å². The molecule has 0 unspecified atom stereocenters. The molecule has 0 spiro atoms. The fourth-order valence-electron chi connectivity index (χ4n) is 1.44. The van der Waals surface area contributed by atoms with E-state index < -0.39 is 0 Å². The van der Waals surface area contributed by atoms with Crippen LogP contribution >= 0.6 is 27.5 Å². The summed E-state index contributed by atoms with van der Waals surface area (Å²) >= 11 is 9.34. The first kappa shape index (κ1) is 14.1. The van der Waals surface area contributed by atoms with E-state index in [1.807, 2.05) is 13.0 Å². The summed E-state index contributed by atoms with van der Waals surface area (Å²) in [5.41, 5.74) is 1.13. The molecule has 0 aliphatic carbocycles. The Balaban J connectivity index is 1.81. The lowest BCUT2D eigenvalue weighted by molar-refractivity contribution is 0.320. The van der Waals surface area contributed by atoms with Crippen LogP contribution in [0.4, 0.5) is 5.82 Å². The number of rotatable bonds is 5. The van der Waals surface area contributed by atoms with Gasteiger partial charge in [-0.15, -0.1) is 0 Å². The Morgan fingerprint density at radius 2 is 2.26 bits per heavy atom. The zero-order chi connectivity index (χ0) is 13.7. The zero-order valence-corrected chi connectivity index (χ0v) is 12.7. The third-order valence-corrected chi connectivity index (χ3v) is 3.54. The summed E-state index contributed by atoms with van der Waals surface area (Å²) in [6.45, 7) is 3.11. The number of ether oxygens (including phenoxy) is 1. The molecule has 2 heterocycles. The molecule has 0 fully saturated rings. The van der Waals surface area contributed by atoms with Crippen molar-refractivity contribution in [2.24, 2.45) is 0 Å². The lowest BCUT2D eigenvalue weighted by Crippen LogP contribution is -2.13. The smallest absolute Gasteiger partial charge is 0.232 e. The molecule has 6 heteroatoms. The topological polar surface area (TPSA) is 47.0 Å². The molecule has 0 radical (unpaired) electrons. The van der Waals surface area contributed by atoms with Gasteiger partial charge in [-0.3, -0.25) is 0 Å². The van der Waals surface area contributed by atoms with Gasteiger partial charge in [0, 0.05) is 16.9 Å². The average Bonchev–Trinajstić information content (AvgIpc) is 2.40. The van der Waals surface area contributed by atoms with E-state index in [-0.39, 0.29) is 0 Å². The van der Waals surface area contributed by atoms with Gasteiger partial charge in [0.05, 0.1) is 6.54 Å². The first-order valence-corrected chi connectivity index (χ1v) is 6.93. The molecule has 0 bridgehead atoms. The lowest BCUT2D eigenvalue weighted by atomic mass is 10.3. The van der Waals surface area contributed by atoms with Gasteiger partial charge in [-0.2, -0.15) is 0 Å². The molecule has 0 saturated heterocycles. The van der Waals surface area contributed by atoms with Gasteiger partial charge >= 0.3 is 0 Å². The molecule has 1 N–H and O–H groups in total. The Labute approximate surface area is 125 Å². The standard InChI is InChI=1S/C13H13BrClN3O/c1-9-7-12(18-8-10(9)14)16-5-6-19-13-11(15)3-2-4-17-13/h2-4,7-8H,5-6H2,1H3,(H,16,18). The summed E-state index contributed by atoms with van der Waals surface area (Å²) in [6, 6.07) is 5.48. The maximum absolute atomic E-state index is 5.93. The highest BCUT2D eigenvalue weighted by Gasteiger charge is 2.02. The fourth-order valence-corrected chi connectivity index (χ4v) is 1.83. The van der Waals surface area contributed by atoms with Crippen LogP contribution in [0.3, 0.4) is 0 Å². The molecule has 0 aliphatic rings. The monoisotopic (exact) mass is 341 g/mol.